The van der Waals surface area contributed by atoms with Crippen LogP contribution in [0.25, 0.3) is 16.3 Å². The highest BCUT2D eigenvalue weighted by Gasteiger charge is 2.27. The van der Waals surface area contributed by atoms with Crippen LogP contribution < -0.4 is 0 Å². The van der Waals surface area contributed by atoms with E-state index in [1.54, 1.807) is 6.07 Å². The lowest BCUT2D eigenvalue weighted by Crippen LogP contribution is -1.98. The Hall–Kier alpha value is -1.90. The van der Waals surface area contributed by atoms with Crippen molar-refractivity contribution in [1.29, 1.82) is 0 Å². The smallest absolute Gasteiger partial charge is 0.123 e. The Morgan fingerprint density at radius 3 is 2.89 bits per heavy atom. The molecule has 19 heavy (non-hydrogen) atoms. The van der Waals surface area contributed by atoms with E-state index >= 15 is 0 Å². The van der Waals surface area contributed by atoms with E-state index in [9.17, 15) is 4.39 Å². The van der Waals surface area contributed by atoms with Crippen LogP contribution in [0.2, 0.25) is 0 Å². The minimum absolute atomic E-state index is 0.170. The molecule has 0 aliphatic heterocycles. The van der Waals surface area contributed by atoms with Gasteiger partial charge in [-0.05, 0) is 54.5 Å². The Kier molecular flexibility index (Phi) is 2.19. The molecular formula is C16H15FN2. The van der Waals surface area contributed by atoms with Crippen LogP contribution in [-0.2, 0) is 6.42 Å². The van der Waals surface area contributed by atoms with Crippen LogP contribution in [-0.4, -0.2) is 9.61 Å². The number of rotatable bonds is 2. The first-order chi connectivity index (χ1) is 9.28. The summed E-state index contributed by atoms with van der Waals surface area (Å²) < 4.78 is 15.5. The van der Waals surface area contributed by atoms with Crippen LogP contribution in [0.3, 0.4) is 0 Å². The maximum atomic E-state index is 13.5. The van der Waals surface area contributed by atoms with Gasteiger partial charge >= 0.3 is 0 Å². The fourth-order valence-corrected chi connectivity index (χ4v) is 2.88. The maximum Gasteiger partial charge on any atom is 0.123 e. The van der Waals surface area contributed by atoms with Crippen molar-refractivity contribution >= 4 is 16.3 Å². The quantitative estimate of drug-likeness (QED) is 0.674. The first kappa shape index (κ1) is 11.0. The van der Waals surface area contributed by atoms with Crippen molar-refractivity contribution in [1.82, 2.24) is 9.61 Å². The van der Waals surface area contributed by atoms with Gasteiger partial charge in [0.05, 0.1) is 11.7 Å². The van der Waals surface area contributed by atoms with Crippen LogP contribution in [0.5, 0.6) is 0 Å². The summed E-state index contributed by atoms with van der Waals surface area (Å²) >= 11 is 0. The topological polar surface area (TPSA) is 17.3 Å². The lowest BCUT2D eigenvalue weighted by Gasteiger charge is -2.09. The number of nitrogens with zero attached hydrogens (tertiary/aromatic N) is 2. The Morgan fingerprint density at radius 1 is 1.32 bits per heavy atom. The summed E-state index contributed by atoms with van der Waals surface area (Å²) in [5, 5.41) is 6.63. The van der Waals surface area contributed by atoms with E-state index in [0.29, 0.717) is 5.92 Å². The molecule has 0 amide bonds. The molecule has 1 aliphatic carbocycles. The molecule has 0 unspecified atom stereocenters. The molecule has 1 aliphatic rings. The Labute approximate surface area is 110 Å². The molecular weight excluding hydrogens is 239 g/mol. The van der Waals surface area contributed by atoms with E-state index in [1.807, 2.05) is 12.3 Å². The molecule has 0 N–H and O–H groups in total. The number of aromatic nitrogens is 2. The van der Waals surface area contributed by atoms with Crippen LogP contribution >= 0.6 is 0 Å². The predicted octanol–water partition coefficient (Wildman–Crippen LogP) is 4.07. The molecule has 2 aromatic heterocycles. The lowest BCUT2D eigenvalue weighted by molar-refractivity contribution is 0.629. The summed E-state index contributed by atoms with van der Waals surface area (Å²) in [6, 6.07) is 7.15. The first-order valence-corrected chi connectivity index (χ1v) is 6.86. The largest absolute Gasteiger partial charge is 0.237 e. The third-order valence-corrected chi connectivity index (χ3v) is 4.04. The molecule has 3 aromatic rings. The van der Waals surface area contributed by atoms with Crippen molar-refractivity contribution in [3.63, 3.8) is 0 Å². The van der Waals surface area contributed by atoms with E-state index < -0.39 is 0 Å². The fraction of sp³-hybridized carbons (Fsp3) is 0.312. The van der Waals surface area contributed by atoms with Crippen LogP contribution in [0.1, 0.15) is 36.9 Å². The standard InChI is InChI=1S/C16H15FN2/c1-2-10-9-18-19-15(11-3-4-11)8-12-7-13(17)5-6-14(12)16(10)19/h5-9,11H,2-4H2,1H3. The van der Waals surface area contributed by atoms with E-state index in [4.69, 9.17) is 0 Å². The van der Waals surface area contributed by atoms with Gasteiger partial charge in [0.1, 0.15) is 5.82 Å². The zero-order valence-electron chi connectivity index (χ0n) is 10.9. The van der Waals surface area contributed by atoms with Crippen molar-refractivity contribution in [2.45, 2.75) is 32.1 Å². The molecule has 4 rings (SSSR count). The van der Waals surface area contributed by atoms with Gasteiger partial charge in [0.15, 0.2) is 0 Å². The van der Waals surface area contributed by atoms with Crippen LogP contribution in [0.4, 0.5) is 4.39 Å². The Morgan fingerprint density at radius 2 is 2.16 bits per heavy atom. The summed E-state index contributed by atoms with van der Waals surface area (Å²) in [5.74, 6) is 0.427. The molecule has 1 fully saturated rings. The fourth-order valence-electron chi connectivity index (χ4n) is 2.88. The highest BCUT2D eigenvalue weighted by atomic mass is 19.1. The molecule has 1 saturated carbocycles. The molecule has 2 heterocycles. The maximum absolute atomic E-state index is 13.5. The van der Waals surface area contributed by atoms with Crippen molar-refractivity contribution in [2.75, 3.05) is 0 Å². The average molecular weight is 254 g/mol. The summed E-state index contributed by atoms with van der Waals surface area (Å²) in [6.07, 6.45) is 5.34. The zero-order chi connectivity index (χ0) is 13.0. The number of hydrogen-bond acceptors (Lipinski definition) is 1. The van der Waals surface area contributed by atoms with Gasteiger partial charge in [-0.15, -0.1) is 0 Å². The van der Waals surface area contributed by atoms with Gasteiger partial charge < -0.3 is 0 Å². The zero-order valence-corrected chi connectivity index (χ0v) is 10.9. The van der Waals surface area contributed by atoms with Crippen molar-refractivity contribution < 1.29 is 4.39 Å². The molecule has 3 heteroatoms. The second kappa shape index (κ2) is 3.80. The monoisotopic (exact) mass is 254 g/mol. The van der Waals surface area contributed by atoms with Gasteiger partial charge in [-0.25, -0.2) is 8.91 Å². The van der Waals surface area contributed by atoms with Crippen molar-refractivity contribution in [3.05, 3.63) is 47.5 Å². The van der Waals surface area contributed by atoms with Crippen LogP contribution in [0.15, 0.2) is 30.5 Å². The minimum atomic E-state index is -0.170. The molecule has 0 saturated heterocycles. The molecule has 0 spiro atoms. The predicted molar refractivity (Wildman–Crippen MR) is 74.0 cm³/mol. The average Bonchev–Trinajstić information content (AvgIpc) is 3.16. The number of hydrogen-bond donors (Lipinski definition) is 0. The van der Waals surface area contributed by atoms with Gasteiger partial charge in [-0.1, -0.05) is 6.92 Å². The number of benzene rings is 1. The second-order valence-corrected chi connectivity index (χ2v) is 5.36. The third-order valence-electron chi connectivity index (χ3n) is 4.04. The SMILES string of the molecule is CCc1cnn2c(C3CC3)cc3cc(F)ccc3c12. The van der Waals surface area contributed by atoms with Gasteiger partial charge in [0, 0.05) is 17.0 Å². The van der Waals surface area contributed by atoms with Crippen molar-refractivity contribution in [2.24, 2.45) is 0 Å². The molecule has 2 nitrogen and oxygen atoms in total. The van der Waals surface area contributed by atoms with E-state index in [1.165, 1.54) is 30.2 Å². The molecule has 0 bridgehead atoms. The summed E-state index contributed by atoms with van der Waals surface area (Å²) in [6.45, 7) is 2.14. The Bertz CT molecular complexity index is 784. The van der Waals surface area contributed by atoms with E-state index in [2.05, 4.69) is 22.6 Å². The highest BCUT2D eigenvalue weighted by molar-refractivity contribution is 5.97. The van der Waals surface area contributed by atoms with Crippen LogP contribution in [0, 0.1) is 5.82 Å². The number of fused-ring (bicyclic) bond motifs is 3. The van der Waals surface area contributed by atoms with E-state index in [0.717, 1.165) is 22.7 Å². The number of pyridine rings is 1. The number of aryl methyl sites for hydroxylation is 1. The summed E-state index contributed by atoms with van der Waals surface area (Å²) in [7, 11) is 0. The van der Waals surface area contributed by atoms with Gasteiger partial charge in [-0.3, -0.25) is 0 Å². The summed E-state index contributed by atoms with van der Waals surface area (Å²) in [5.41, 5.74) is 3.62. The molecule has 1 aromatic carbocycles. The molecule has 0 radical (unpaired) electrons. The Balaban J connectivity index is 2.18. The van der Waals surface area contributed by atoms with Gasteiger partial charge in [-0.2, -0.15) is 5.10 Å². The highest BCUT2D eigenvalue weighted by Crippen LogP contribution is 2.42. The van der Waals surface area contributed by atoms with Gasteiger partial charge in [0.2, 0.25) is 0 Å². The lowest BCUT2D eigenvalue weighted by atomic mass is 10.1. The number of halogens is 1. The molecule has 0 atom stereocenters. The molecule has 96 valence electrons. The van der Waals surface area contributed by atoms with Gasteiger partial charge in [0.25, 0.3) is 0 Å². The van der Waals surface area contributed by atoms with Crippen molar-refractivity contribution in [3.8, 4) is 0 Å². The first-order valence-electron chi connectivity index (χ1n) is 6.86. The van der Waals surface area contributed by atoms with E-state index in [-0.39, 0.29) is 5.82 Å². The minimum Gasteiger partial charge on any atom is -0.237 e. The second-order valence-electron chi connectivity index (χ2n) is 5.36. The summed E-state index contributed by atoms with van der Waals surface area (Å²) in [4.78, 5) is 0. The third kappa shape index (κ3) is 1.57. The normalized spacial score (nSPS) is 15.5.